The van der Waals surface area contributed by atoms with Crippen LogP contribution in [0, 0.1) is 0 Å². The van der Waals surface area contributed by atoms with Crippen LogP contribution in [-0.4, -0.2) is 50.2 Å². The van der Waals surface area contributed by atoms with Crippen molar-refractivity contribution < 1.29 is 29.0 Å². The standard InChI is InChI=1S/C24H30N2O6/c1-30-14-6-4-3-5-7-15-32-19-11-8-17(9-12-19)22(26-29)21-16-18(24(28)31-2)10-13-20(21)23(25)27/h8-13,16,29H,3-7,14-15H2,1-2H3,(H2,25,27). The van der Waals surface area contributed by atoms with Crippen LogP contribution < -0.4 is 10.5 Å². The van der Waals surface area contributed by atoms with E-state index in [-0.39, 0.29) is 22.4 Å². The van der Waals surface area contributed by atoms with Gasteiger partial charge in [0.2, 0.25) is 5.91 Å². The number of esters is 1. The highest BCUT2D eigenvalue weighted by Crippen LogP contribution is 2.21. The molecule has 3 N–H and O–H groups in total. The van der Waals surface area contributed by atoms with Gasteiger partial charge in [-0.1, -0.05) is 24.4 Å². The Hall–Kier alpha value is -3.39. The van der Waals surface area contributed by atoms with E-state index in [1.54, 1.807) is 31.4 Å². The first-order valence-electron chi connectivity index (χ1n) is 10.5. The summed E-state index contributed by atoms with van der Waals surface area (Å²) in [6.45, 7) is 1.41. The lowest BCUT2D eigenvalue weighted by Crippen LogP contribution is -2.18. The van der Waals surface area contributed by atoms with Crippen LogP contribution in [0.1, 0.15) is 63.9 Å². The molecule has 0 unspecified atom stereocenters. The molecule has 0 heterocycles. The van der Waals surface area contributed by atoms with E-state index in [2.05, 4.69) is 5.16 Å². The van der Waals surface area contributed by atoms with Crippen molar-refractivity contribution in [2.45, 2.75) is 32.1 Å². The molecule has 0 aliphatic heterocycles. The summed E-state index contributed by atoms with van der Waals surface area (Å²) in [5.74, 6) is -0.606. The second-order valence-corrected chi connectivity index (χ2v) is 7.20. The van der Waals surface area contributed by atoms with Crippen molar-refractivity contribution in [2.75, 3.05) is 27.4 Å². The van der Waals surface area contributed by atoms with Gasteiger partial charge in [-0.3, -0.25) is 4.79 Å². The maximum atomic E-state index is 11.9. The molecule has 0 atom stereocenters. The number of nitrogens with zero attached hydrogens (tertiary/aromatic N) is 1. The molecule has 0 bridgehead atoms. The van der Waals surface area contributed by atoms with Crippen LogP contribution in [0.3, 0.4) is 0 Å². The zero-order valence-corrected chi connectivity index (χ0v) is 18.5. The third-order valence-electron chi connectivity index (χ3n) is 4.95. The Morgan fingerprint density at radius 3 is 2.09 bits per heavy atom. The van der Waals surface area contributed by atoms with Gasteiger partial charge < -0.3 is 25.2 Å². The first-order valence-corrected chi connectivity index (χ1v) is 10.5. The van der Waals surface area contributed by atoms with E-state index in [4.69, 9.17) is 19.9 Å². The zero-order valence-electron chi connectivity index (χ0n) is 18.5. The second kappa shape index (κ2) is 13.1. The fraction of sp³-hybridized carbons (Fsp3) is 0.375. The number of amides is 1. The van der Waals surface area contributed by atoms with Gasteiger partial charge in [-0.25, -0.2) is 4.79 Å². The van der Waals surface area contributed by atoms with Crippen LogP contribution in [0.2, 0.25) is 0 Å². The average Bonchev–Trinajstić information content (AvgIpc) is 2.81. The van der Waals surface area contributed by atoms with Crippen molar-refractivity contribution in [3.05, 3.63) is 64.7 Å². The largest absolute Gasteiger partial charge is 0.494 e. The normalized spacial score (nSPS) is 11.2. The number of nitrogens with two attached hydrogens (primary N) is 1. The molecule has 2 aromatic rings. The van der Waals surface area contributed by atoms with Crippen molar-refractivity contribution in [1.29, 1.82) is 0 Å². The molecule has 0 aliphatic rings. The van der Waals surface area contributed by atoms with E-state index in [1.165, 1.54) is 25.3 Å². The molecule has 0 saturated heterocycles. The van der Waals surface area contributed by atoms with Gasteiger partial charge in [0.15, 0.2) is 0 Å². The van der Waals surface area contributed by atoms with Gasteiger partial charge in [0.25, 0.3) is 0 Å². The molecule has 2 aromatic carbocycles. The van der Waals surface area contributed by atoms with E-state index in [0.717, 1.165) is 38.7 Å². The Morgan fingerprint density at radius 2 is 1.50 bits per heavy atom. The maximum absolute atomic E-state index is 11.9. The average molecular weight is 443 g/mol. The molecule has 0 spiro atoms. The molecule has 1 amide bonds. The first-order chi connectivity index (χ1) is 15.5. The fourth-order valence-electron chi connectivity index (χ4n) is 3.24. The van der Waals surface area contributed by atoms with Crippen LogP contribution in [-0.2, 0) is 9.47 Å². The molecular formula is C24H30N2O6. The number of primary amides is 1. The number of methoxy groups -OCH3 is 2. The highest BCUT2D eigenvalue weighted by molar-refractivity contribution is 6.18. The van der Waals surface area contributed by atoms with Crippen molar-refractivity contribution in [2.24, 2.45) is 10.9 Å². The monoisotopic (exact) mass is 442 g/mol. The minimum Gasteiger partial charge on any atom is -0.494 e. The molecule has 8 heteroatoms. The SMILES string of the molecule is COCCCCCCCOc1ccc(C(=NO)c2cc(C(=O)OC)ccc2C(N)=O)cc1. The van der Waals surface area contributed by atoms with Gasteiger partial charge in [0.1, 0.15) is 11.5 Å². The summed E-state index contributed by atoms with van der Waals surface area (Å²) >= 11 is 0. The molecule has 32 heavy (non-hydrogen) atoms. The summed E-state index contributed by atoms with van der Waals surface area (Å²) < 4.78 is 15.5. The van der Waals surface area contributed by atoms with Gasteiger partial charge in [-0.05, 0) is 55.3 Å². The molecule has 8 nitrogen and oxygen atoms in total. The summed E-state index contributed by atoms with van der Waals surface area (Å²) in [4.78, 5) is 23.8. The predicted octanol–water partition coefficient (Wildman–Crippen LogP) is 3.77. The summed E-state index contributed by atoms with van der Waals surface area (Å²) in [5.41, 5.74) is 6.65. The third-order valence-corrected chi connectivity index (χ3v) is 4.95. The molecular weight excluding hydrogens is 412 g/mol. The van der Waals surface area contributed by atoms with E-state index in [9.17, 15) is 14.8 Å². The van der Waals surface area contributed by atoms with Crippen LogP contribution in [0.25, 0.3) is 0 Å². The van der Waals surface area contributed by atoms with E-state index in [1.807, 2.05) is 0 Å². The number of carbonyl (C=O) groups excluding carboxylic acids is 2. The van der Waals surface area contributed by atoms with Crippen LogP contribution >= 0.6 is 0 Å². The molecule has 2 rings (SSSR count). The first kappa shape index (κ1) is 24.9. The predicted molar refractivity (Wildman–Crippen MR) is 121 cm³/mol. The smallest absolute Gasteiger partial charge is 0.337 e. The summed E-state index contributed by atoms with van der Waals surface area (Å²) in [5, 5.41) is 13.0. The summed E-state index contributed by atoms with van der Waals surface area (Å²) in [6.07, 6.45) is 5.43. The maximum Gasteiger partial charge on any atom is 0.337 e. The molecule has 0 fully saturated rings. The number of oxime groups is 1. The number of benzene rings is 2. The molecule has 172 valence electrons. The topological polar surface area (TPSA) is 120 Å². The molecule has 0 aromatic heterocycles. The Kier molecular flexibility index (Phi) is 10.2. The summed E-state index contributed by atoms with van der Waals surface area (Å²) in [6, 6.07) is 11.2. The number of carbonyl (C=O) groups is 2. The van der Waals surface area contributed by atoms with E-state index in [0.29, 0.717) is 17.9 Å². The Bertz CT molecular complexity index is 925. The molecule has 0 saturated carbocycles. The van der Waals surface area contributed by atoms with E-state index < -0.39 is 11.9 Å². The lowest BCUT2D eigenvalue weighted by atomic mass is 9.95. The van der Waals surface area contributed by atoms with Crippen molar-refractivity contribution in [3.63, 3.8) is 0 Å². The lowest BCUT2D eigenvalue weighted by Gasteiger charge is -2.12. The van der Waals surface area contributed by atoms with E-state index >= 15 is 0 Å². The number of hydrogen-bond acceptors (Lipinski definition) is 7. The van der Waals surface area contributed by atoms with Gasteiger partial charge >= 0.3 is 5.97 Å². The Balaban J connectivity index is 2.06. The van der Waals surface area contributed by atoms with Gasteiger partial charge in [-0.15, -0.1) is 0 Å². The van der Waals surface area contributed by atoms with Crippen molar-refractivity contribution in [1.82, 2.24) is 0 Å². The Labute approximate surface area is 188 Å². The Morgan fingerprint density at radius 1 is 0.875 bits per heavy atom. The highest BCUT2D eigenvalue weighted by Gasteiger charge is 2.19. The summed E-state index contributed by atoms with van der Waals surface area (Å²) in [7, 11) is 2.97. The number of ether oxygens (including phenoxy) is 3. The van der Waals surface area contributed by atoms with Gasteiger partial charge in [0, 0.05) is 30.4 Å². The minimum atomic E-state index is -0.709. The van der Waals surface area contributed by atoms with Gasteiger partial charge in [0.05, 0.1) is 19.3 Å². The molecule has 0 radical (unpaired) electrons. The second-order valence-electron chi connectivity index (χ2n) is 7.20. The number of rotatable bonds is 13. The molecule has 0 aliphatic carbocycles. The quantitative estimate of drug-likeness (QED) is 0.160. The lowest BCUT2D eigenvalue weighted by molar-refractivity contribution is 0.0600. The van der Waals surface area contributed by atoms with Crippen molar-refractivity contribution >= 4 is 17.6 Å². The number of hydrogen-bond donors (Lipinski definition) is 2. The third kappa shape index (κ3) is 7.09. The minimum absolute atomic E-state index is 0.104. The van der Waals surface area contributed by atoms with Crippen LogP contribution in [0.5, 0.6) is 5.75 Å². The highest BCUT2D eigenvalue weighted by atomic mass is 16.5. The zero-order chi connectivity index (χ0) is 23.3. The van der Waals surface area contributed by atoms with Crippen LogP contribution in [0.15, 0.2) is 47.6 Å². The van der Waals surface area contributed by atoms with Crippen LogP contribution in [0.4, 0.5) is 0 Å². The van der Waals surface area contributed by atoms with Gasteiger partial charge in [-0.2, -0.15) is 0 Å². The number of unbranched alkanes of at least 4 members (excludes halogenated alkanes) is 4. The van der Waals surface area contributed by atoms with Crippen molar-refractivity contribution in [3.8, 4) is 5.75 Å². The fourth-order valence-corrected chi connectivity index (χ4v) is 3.24.